The largest absolute Gasteiger partial charge is 0.315 e. The standard InChI is InChI=1S/C18H18Cl2N4O2S/c1-18-7-5-15(25)24(18)13(10-27-18)17(26)22-14-6-8-21-23(14)9-11-3-2-4-12(19)16(11)20/h2-4,6,8,13H,5,7,9-10H2,1H3,(H,22,26)/t13-,18-/m1/s1. The Morgan fingerprint density at radius 1 is 1.41 bits per heavy atom. The number of anilines is 1. The van der Waals surface area contributed by atoms with Gasteiger partial charge in [0, 0.05) is 18.2 Å². The lowest BCUT2D eigenvalue weighted by molar-refractivity contribution is -0.135. The van der Waals surface area contributed by atoms with E-state index in [9.17, 15) is 9.59 Å². The Labute approximate surface area is 171 Å². The molecule has 1 N–H and O–H groups in total. The van der Waals surface area contributed by atoms with Crippen LogP contribution in [0.4, 0.5) is 5.82 Å². The number of nitrogens with zero attached hydrogens (tertiary/aromatic N) is 3. The second kappa shape index (κ2) is 7.04. The van der Waals surface area contributed by atoms with Crippen molar-refractivity contribution in [3.8, 4) is 0 Å². The molecule has 1 aromatic carbocycles. The molecule has 2 fully saturated rings. The monoisotopic (exact) mass is 424 g/mol. The van der Waals surface area contributed by atoms with Crippen LogP contribution >= 0.6 is 35.0 Å². The summed E-state index contributed by atoms with van der Waals surface area (Å²) in [6.07, 6.45) is 2.90. The van der Waals surface area contributed by atoms with E-state index in [-0.39, 0.29) is 16.7 Å². The van der Waals surface area contributed by atoms with Crippen molar-refractivity contribution in [1.82, 2.24) is 14.7 Å². The van der Waals surface area contributed by atoms with Gasteiger partial charge in [-0.2, -0.15) is 5.10 Å². The minimum Gasteiger partial charge on any atom is -0.315 e. The zero-order chi connectivity index (χ0) is 19.2. The second-order valence-electron chi connectivity index (χ2n) is 6.84. The first-order valence-electron chi connectivity index (χ1n) is 8.61. The summed E-state index contributed by atoms with van der Waals surface area (Å²) in [5.74, 6) is 1.01. The van der Waals surface area contributed by atoms with Gasteiger partial charge in [0.2, 0.25) is 11.8 Å². The molecule has 0 spiro atoms. The van der Waals surface area contributed by atoms with E-state index >= 15 is 0 Å². The lowest BCUT2D eigenvalue weighted by atomic mass is 10.2. The first-order chi connectivity index (χ1) is 12.9. The van der Waals surface area contributed by atoms with Crippen LogP contribution in [0.2, 0.25) is 10.0 Å². The maximum atomic E-state index is 12.9. The Hall–Kier alpha value is -1.70. The summed E-state index contributed by atoms with van der Waals surface area (Å²) in [4.78, 5) is 26.6. The molecule has 2 amide bonds. The van der Waals surface area contributed by atoms with Crippen LogP contribution in [0, 0.1) is 0 Å². The number of aromatic nitrogens is 2. The summed E-state index contributed by atoms with van der Waals surface area (Å²) in [6, 6.07) is 6.67. The van der Waals surface area contributed by atoms with Crippen molar-refractivity contribution in [2.75, 3.05) is 11.1 Å². The molecule has 0 bridgehead atoms. The maximum absolute atomic E-state index is 12.9. The molecular weight excluding hydrogens is 407 g/mol. The molecule has 2 aliphatic heterocycles. The predicted molar refractivity (Wildman–Crippen MR) is 107 cm³/mol. The van der Waals surface area contributed by atoms with Gasteiger partial charge in [0.1, 0.15) is 11.9 Å². The minimum atomic E-state index is -0.465. The van der Waals surface area contributed by atoms with Crippen LogP contribution in [-0.4, -0.2) is 43.2 Å². The molecule has 142 valence electrons. The number of nitrogens with one attached hydrogen (secondary N) is 1. The number of benzene rings is 1. The van der Waals surface area contributed by atoms with Crippen molar-refractivity contribution in [2.45, 2.75) is 37.2 Å². The van der Waals surface area contributed by atoms with Gasteiger partial charge in [-0.15, -0.1) is 11.8 Å². The van der Waals surface area contributed by atoms with E-state index in [0.717, 1.165) is 12.0 Å². The van der Waals surface area contributed by atoms with Crippen LogP contribution in [0.25, 0.3) is 0 Å². The average molecular weight is 425 g/mol. The number of fused-ring (bicyclic) bond motifs is 1. The molecule has 2 aliphatic rings. The van der Waals surface area contributed by atoms with Gasteiger partial charge in [0.15, 0.2) is 0 Å². The summed E-state index contributed by atoms with van der Waals surface area (Å²) in [5, 5.41) is 8.13. The molecule has 27 heavy (non-hydrogen) atoms. The van der Waals surface area contributed by atoms with E-state index in [2.05, 4.69) is 10.4 Å². The molecule has 0 saturated carbocycles. The number of carbonyl (C=O) groups excluding carboxylic acids is 2. The summed E-state index contributed by atoms with van der Waals surface area (Å²) in [6.45, 7) is 2.41. The minimum absolute atomic E-state index is 0.0434. The Balaban J connectivity index is 1.51. The zero-order valence-electron chi connectivity index (χ0n) is 14.6. The molecule has 6 nitrogen and oxygen atoms in total. The number of hydrogen-bond donors (Lipinski definition) is 1. The highest BCUT2D eigenvalue weighted by Crippen LogP contribution is 2.47. The van der Waals surface area contributed by atoms with Gasteiger partial charge in [-0.25, -0.2) is 4.68 Å². The maximum Gasteiger partial charge on any atom is 0.249 e. The number of halogens is 2. The predicted octanol–water partition coefficient (Wildman–Crippen LogP) is 3.63. The van der Waals surface area contributed by atoms with Gasteiger partial charge >= 0.3 is 0 Å². The summed E-state index contributed by atoms with van der Waals surface area (Å²) in [5.41, 5.74) is 0.807. The van der Waals surface area contributed by atoms with Gasteiger partial charge in [-0.3, -0.25) is 9.59 Å². The average Bonchev–Trinajstić information content (AvgIpc) is 3.28. The van der Waals surface area contributed by atoms with Crippen molar-refractivity contribution in [3.63, 3.8) is 0 Å². The fourth-order valence-corrected chi connectivity index (χ4v) is 5.43. The number of amides is 2. The van der Waals surface area contributed by atoms with Gasteiger partial charge in [-0.05, 0) is 25.0 Å². The molecule has 4 rings (SSSR count). The molecule has 3 heterocycles. The first-order valence-corrected chi connectivity index (χ1v) is 10.3. The third-order valence-electron chi connectivity index (χ3n) is 5.07. The fraction of sp³-hybridized carbons (Fsp3) is 0.389. The lowest BCUT2D eigenvalue weighted by Gasteiger charge is -2.29. The third-order valence-corrected chi connectivity index (χ3v) is 7.43. The first kappa shape index (κ1) is 18.7. The molecule has 2 atom stereocenters. The molecule has 0 aliphatic carbocycles. The number of thioether (sulfide) groups is 1. The highest BCUT2D eigenvalue weighted by molar-refractivity contribution is 8.01. The normalized spacial score (nSPS) is 24.3. The number of rotatable bonds is 4. The van der Waals surface area contributed by atoms with E-state index in [4.69, 9.17) is 23.2 Å². The zero-order valence-corrected chi connectivity index (χ0v) is 16.9. The highest BCUT2D eigenvalue weighted by Gasteiger charge is 2.52. The van der Waals surface area contributed by atoms with Crippen molar-refractivity contribution in [1.29, 1.82) is 0 Å². The second-order valence-corrected chi connectivity index (χ2v) is 9.13. The molecule has 0 radical (unpaired) electrons. The van der Waals surface area contributed by atoms with Crippen LogP contribution in [0.5, 0.6) is 0 Å². The third kappa shape index (κ3) is 3.32. The molecule has 9 heteroatoms. The van der Waals surface area contributed by atoms with Gasteiger partial charge in [0.25, 0.3) is 0 Å². The quantitative estimate of drug-likeness (QED) is 0.813. The van der Waals surface area contributed by atoms with Crippen LogP contribution in [0.15, 0.2) is 30.5 Å². The summed E-state index contributed by atoms with van der Waals surface area (Å²) >= 11 is 14.0. The van der Waals surface area contributed by atoms with E-state index in [1.807, 2.05) is 19.1 Å². The van der Waals surface area contributed by atoms with Crippen LogP contribution < -0.4 is 5.32 Å². The van der Waals surface area contributed by atoms with E-state index < -0.39 is 6.04 Å². The number of hydrogen-bond acceptors (Lipinski definition) is 4. The Morgan fingerprint density at radius 2 is 2.22 bits per heavy atom. The van der Waals surface area contributed by atoms with Crippen molar-refractivity contribution in [3.05, 3.63) is 46.1 Å². The van der Waals surface area contributed by atoms with Crippen LogP contribution in [-0.2, 0) is 16.1 Å². The van der Waals surface area contributed by atoms with E-state index in [0.29, 0.717) is 34.6 Å². The Bertz CT molecular complexity index is 919. The summed E-state index contributed by atoms with van der Waals surface area (Å²) in [7, 11) is 0. The van der Waals surface area contributed by atoms with Gasteiger partial charge in [-0.1, -0.05) is 35.3 Å². The number of carbonyl (C=O) groups is 2. The van der Waals surface area contributed by atoms with Crippen molar-refractivity contribution >= 4 is 52.6 Å². The molecule has 1 aromatic heterocycles. The van der Waals surface area contributed by atoms with Crippen molar-refractivity contribution in [2.24, 2.45) is 0 Å². The Kier molecular flexibility index (Phi) is 4.86. The Morgan fingerprint density at radius 3 is 3.04 bits per heavy atom. The van der Waals surface area contributed by atoms with Gasteiger partial charge < -0.3 is 10.2 Å². The smallest absolute Gasteiger partial charge is 0.249 e. The highest BCUT2D eigenvalue weighted by atomic mass is 35.5. The summed E-state index contributed by atoms with van der Waals surface area (Å²) < 4.78 is 1.66. The van der Waals surface area contributed by atoms with E-state index in [1.165, 1.54) is 0 Å². The molecule has 2 saturated heterocycles. The SMILES string of the molecule is C[C@@]12CCC(=O)N1[C@@H](C(=O)Nc1ccnn1Cc1cccc(Cl)c1Cl)CS2. The van der Waals surface area contributed by atoms with Crippen LogP contribution in [0.1, 0.15) is 25.3 Å². The molecule has 2 aromatic rings. The topological polar surface area (TPSA) is 67.2 Å². The molecular formula is C18H18Cl2N4O2S. The molecule has 0 unspecified atom stereocenters. The van der Waals surface area contributed by atoms with Crippen molar-refractivity contribution < 1.29 is 9.59 Å². The fourth-order valence-electron chi connectivity index (χ4n) is 3.62. The van der Waals surface area contributed by atoms with E-state index in [1.54, 1.807) is 39.7 Å². The van der Waals surface area contributed by atoms with Crippen LogP contribution in [0.3, 0.4) is 0 Å². The van der Waals surface area contributed by atoms with Gasteiger partial charge in [0.05, 0.1) is 27.7 Å². The lowest BCUT2D eigenvalue weighted by Crippen LogP contribution is -2.48.